The Balaban J connectivity index is 0. The Bertz CT molecular complexity index is 150. The Hall–Kier alpha value is -0.150. The van der Waals surface area contributed by atoms with Crippen molar-refractivity contribution in [3.63, 3.8) is 0 Å². The van der Waals surface area contributed by atoms with Gasteiger partial charge in [-0.25, -0.2) is 4.39 Å². The van der Waals surface area contributed by atoms with Crippen molar-refractivity contribution in [2.75, 3.05) is 27.3 Å². The van der Waals surface area contributed by atoms with Crippen molar-refractivity contribution in [2.24, 2.45) is 5.92 Å². The Kier molecular flexibility index (Phi) is 10.2. The molecule has 0 saturated heterocycles. The first kappa shape index (κ1) is 18.2. The van der Waals surface area contributed by atoms with Crippen molar-refractivity contribution in [3.05, 3.63) is 0 Å². The summed E-state index contributed by atoms with van der Waals surface area (Å²) in [5.74, 6) is 0.833. The van der Waals surface area contributed by atoms with E-state index >= 15 is 0 Å². The van der Waals surface area contributed by atoms with Crippen LogP contribution >= 0.6 is 0 Å². The quantitative estimate of drug-likeness (QED) is 0.804. The first-order valence-electron chi connectivity index (χ1n) is 6.10. The van der Waals surface area contributed by atoms with Gasteiger partial charge in [0.2, 0.25) is 0 Å². The summed E-state index contributed by atoms with van der Waals surface area (Å²) >= 11 is 0. The van der Waals surface area contributed by atoms with Gasteiger partial charge in [0.15, 0.2) is 0 Å². The van der Waals surface area contributed by atoms with E-state index in [1.54, 1.807) is 0 Å². The highest BCUT2D eigenvalue weighted by Crippen LogP contribution is 2.14. The van der Waals surface area contributed by atoms with Crippen LogP contribution in [0.4, 0.5) is 4.39 Å². The first-order valence-corrected chi connectivity index (χ1v) is 6.10. The molecule has 0 aromatic rings. The smallest absolute Gasteiger partial charge is 0.106 e. The van der Waals surface area contributed by atoms with Gasteiger partial charge in [0, 0.05) is 12.1 Å². The van der Waals surface area contributed by atoms with Gasteiger partial charge >= 0.3 is 0 Å². The van der Waals surface area contributed by atoms with Crippen molar-refractivity contribution in [1.29, 1.82) is 0 Å². The van der Waals surface area contributed by atoms with Gasteiger partial charge in [-0.05, 0) is 40.8 Å². The number of hydrogen-bond acceptors (Lipinski definition) is 2. The molecule has 1 N–H and O–H groups in total. The molecule has 2 nitrogen and oxygen atoms in total. The number of likely N-dealkylation sites (N-methyl/N-ethyl adjacent to an activating group) is 2. The van der Waals surface area contributed by atoms with Crippen LogP contribution in [0.25, 0.3) is 0 Å². The second-order valence-electron chi connectivity index (χ2n) is 5.88. The van der Waals surface area contributed by atoms with Crippen LogP contribution in [0, 0.1) is 5.92 Å². The fraction of sp³-hybridized carbons (Fsp3) is 1.00. The standard InChI is InChI=1S/C9H21FN2.C4H10/c1-9(2,3)12(5)8(6-10)7-11-4;1-4(2)3/h8,11H,6-7H2,1-5H3;4H,1-3H3. The fourth-order valence-corrected chi connectivity index (χ4v) is 1.08. The van der Waals surface area contributed by atoms with Crippen LogP contribution in [0.1, 0.15) is 41.5 Å². The third kappa shape index (κ3) is 10.4. The van der Waals surface area contributed by atoms with Crippen LogP contribution in [-0.2, 0) is 0 Å². The van der Waals surface area contributed by atoms with Crippen molar-refractivity contribution in [1.82, 2.24) is 10.2 Å². The lowest BCUT2D eigenvalue weighted by Gasteiger charge is -2.37. The molecule has 0 aromatic carbocycles. The SMILES string of the molecule is CC(C)C.CNCC(CF)N(C)C(C)(C)C. The maximum absolute atomic E-state index is 12.5. The Morgan fingerprint density at radius 2 is 1.56 bits per heavy atom. The zero-order chi connectivity index (χ0) is 13.4. The number of nitrogens with zero attached hydrogens (tertiary/aromatic N) is 1. The molecule has 0 radical (unpaired) electrons. The van der Waals surface area contributed by atoms with Gasteiger partial charge in [-0.1, -0.05) is 20.8 Å². The van der Waals surface area contributed by atoms with Crippen molar-refractivity contribution in [3.8, 4) is 0 Å². The highest BCUT2D eigenvalue weighted by molar-refractivity contribution is 4.80. The Labute approximate surface area is 102 Å². The minimum atomic E-state index is -0.297. The third-order valence-corrected chi connectivity index (χ3v) is 2.22. The number of rotatable bonds is 4. The van der Waals surface area contributed by atoms with Crippen LogP contribution < -0.4 is 5.32 Å². The number of alkyl halides is 1. The minimum Gasteiger partial charge on any atom is -0.318 e. The highest BCUT2D eigenvalue weighted by Gasteiger charge is 2.24. The van der Waals surface area contributed by atoms with Crippen molar-refractivity contribution < 1.29 is 4.39 Å². The zero-order valence-corrected chi connectivity index (χ0v) is 12.4. The van der Waals surface area contributed by atoms with Crippen LogP contribution in [0.2, 0.25) is 0 Å². The van der Waals surface area contributed by atoms with E-state index in [9.17, 15) is 4.39 Å². The molecule has 1 atom stereocenters. The number of hydrogen-bond donors (Lipinski definition) is 1. The summed E-state index contributed by atoms with van der Waals surface area (Å²) in [6, 6.07) is -0.0185. The molecule has 0 bridgehead atoms. The van der Waals surface area contributed by atoms with E-state index in [0.29, 0.717) is 6.54 Å². The average molecular weight is 234 g/mol. The largest absolute Gasteiger partial charge is 0.318 e. The van der Waals surface area contributed by atoms with E-state index in [4.69, 9.17) is 0 Å². The van der Waals surface area contributed by atoms with Crippen LogP contribution in [0.3, 0.4) is 0 Å². The summed E-state index contributed by atoms with van der Waals surface area (Å²) in [7, 11) is 3.81. The third-order valence-electron chi connectivity index (χ3n) is 2.22. The maximum Gasteiger partial charge on any atom is 0.106 e. The molecule has 0 rings (SSSR count). The van der Waals surface area contributed by atoms with E-state index in [0.717, 1.165) is 5.92 Å². The molecular formula is C13H31FN2. The van der Waals surface area contributed by atoms with E-state index < -0.39 is 0 Å². The molecule has 0 amide bonds. The predicted octanol–water partition coefficient (Wildman–Crippen LogP) is 2.94. The van der Waals surface area contributed by atoms with E-state index in [2.05, 4.69) is 51.8 Å². The molecule has 0 spiro atoms. The normalized spacial score (nSPS) is 13.7. The van der Waals surface area contributed by atoms with E-state index in [1.807, 2.05) is 14.1 Å². The summed E-state index contributed by atoms with van der Waals surface area (Å²) in [5.41, 5.74) is 0.0353. The summed E-state index contributed by atoms with van der Waals surface area (Å²) < 4.78 is 12.5. The Morgan fingerprint density at radius 1 is 1.19 bits per heavy atom. The summed E-state index contributed by atoms with van der Waals surface area (Å²) in [4.78, 5) is 2.06. The molecular weight excluding hydrogens is 203 g/mol. The maximum atomic E-state index is 12.5. The zero-order valence-electron chi connectivity index (χ0n) is 12.4. The lowest BCUT2D eigenvalue weighted by molar-refractivity contribution is 0.0981. The predicted molar refractivity (Wildman–Crippen MR) is 71.7 cm³/mol. The lowest BCUT2D eigenvalue weighted by Crippen LogP contribution is -2.50. The molecule has 0 heterocycles. The van der Waals surface area contributed by atoms with Gasteiger partial charge in [-0.15, -0.1) is 0 Å². The molecule has 0 aliphatic rings. The van der Waals surface area contributed by atoms with E-state index in [1.165, 1.54) is 0 Å². The molecule has 100 valence electrons. The lowest BCUT2D eigenvalue weighted by atomic mass is 10.0. The second kappa shape index (κ2) is 8.94. The van der Waals surface area contributed by atoms with E-state index in [-0.39, 0.29) is 18.3 Å². The van der Waals surface area contributed by atoms with Crippen molar-refractivity contribution >= 4 is 0 Å². The molecule has 0 aromatic heterocycles. The average Bonchev–Trinajstić information content (AvgIpc) is 2.10. The van der Waals surface area contributed by atoms with Gasteiger partial charge < -0.3 is 5.32 Å². The molecule has 3 heteroatoms. The summed E-state index contributed by atoms with van der Waals surface area (Å²) in [5, 5.41) is 2.99. The molecule has 0 aliphatic heterocycles. The van der Waals surface area contributed by atoms with Crippen molar-refractivity contribution in [2.45, 2.75) is 53.1 Å². The second-order valence-corrected chi connectivity index (χ2v) is 5.88. The summed E-state index contributed by atoms with van der Waals surface area (Å²) in [6.45, 7) is 13.2. The van der Waals surface area contributed by atoms with Crippen LogP contribution in [-0.4, -0.2) is 43.8 Å². The van der Waals surface area contributed by atoms with Gasteiger partial charge in [-0.3, -0.25) is 4.90 Å². The van der Waals surface area contributed by atoms with Gasteiger partial charge in [0.25, 0.3) is 0 Å². The van der Waals surface area contributed by atoms with Crippen LogP contribution in [0.5, 0.6) is 0 Å². The molecule has 0 saturated carbocycles. The first-order chi connectivity index (χ1) is 7.16. The molecule has 0 aliphatic carbocycles. The molecule has 16 heavy (non-hydrogen) atoms. The number of nitrogens with one attached hydrogen (secondary N) is 1. The topological polar surface area (TPSA) is 15.3 Å². The monoisotopic (exact) mass is 234 g/mol. The molecule has 0 fully saturated rings. The summed E-state index contributed by atoms with van der Waals surface area (Å²) in [6.07, 6.45) is 0. The van der Waals surface area contributed by atoms with Gasteiger partial charge in [0.1, 0.15) is 6.67 Å². The number of halogens is 1. The fourth-order valence-electron chi connectivity index (χ4n) is 1.08. The van der Waals surface area contributed by atoms with Gasteiger partial charge in [-0.2, -0.15) is 0 Å². The Morgan fingerprint density at radius 3 is 1.75 bits per heavy atom. The van der Waals surface area contributed by atoms with Crippen LogP contribution in [0.15, 0.2) is 0 Å². The highest BCUT2D eigenvalue weighted by atomic mass is 19.1. The molecule has 1 unspecified atom stereocenters. The van der Waals surface area contributed by atoms with Gasteiger partial charge in [0.05, 0.1) is 6.04 Å². The minimum absolute atomic E-state index is 0.0185.